The molecule has 3 aromatic heterocycles. The molecule has 90 valence electrons. The molecule has 3 heterocycles. The third-order valence-corrected chi connectivity index (χ3v) is 3.41. The summed E-state index contributed by atoms with van der Waals surface area (Å²) in [6.07, 6.45) is 5.34. The lowest BCUT2D eigenvalue weighted by molar-refractivity contribution is 0.557. The van der Waals surface area contributed by atoms with Gasteiger partial charge >= 0.3 is 0 Å². The molecule has 4 nitrogen and oxygen atoms in total. The van der Waals surface area contributed by atoms with Gasteiger partial charge in [-0.25, -0.2) is 9.97 Å². The summed E-state index contributed by atoms with van der Waals surface area (Å²) in [6.45, 7) is 0. The number of thiophene rings is 1. The summed E-state index contributed by atoms with van der Waals surface area (Å²) in [6, 6.07) is 5.73. The van der Waals surface area contributed by atoms with Crippen LogP contribution in [0.4, 0.5) is 5.82 Å². The van der Waals surface area contributed by atoms with Gasteiger partial charge in [0, 0.05) is 7.05 Å². The molecule has 5 heteroatoms. The van der Waals surface area contributed by atoms with Crippen molar-refractivity contribution in [2.24, 2.45) is 0 Å². The molecule has 0 aromatic carbocycles. The van der Waals surface area contributed by atoms with Crippen LogP contribution in [0.1, 0.15) is 11.6 Å². The molecule has 0 fully saturated rings. The number of rotatable bonds is 3. The molecule has 0 aliphatic carbocycles. The summed E-state index contributed by atoms with van der Waals surface area (Å²) in [5.41, 5.74) is 0.957. The van der Waals surface area contributed by atoms with Gasteiger partial charge in [0.2, 0.25) is 0 Å². The van der Waals surface area contributed by atoms with Crippen molar-refractivity contribution < 1.29 is 4.42 Å². The standard InChI is InChI=1S/C13H11N3OS/c1-14-13-12-10(6-8-18-12)15-11(16-13)5-4-9-3-2-7-17-9/h2-8H,1H3,(H,14,15,16)/b5-4+. The molecule has 0 unspecified atom stereocenters. The minimum absolute atomic E-state index is 0.668. The highest BCUT2D eigenvalue weighted by atomic mass is 32.1. The summed E-state index contributed by atoms with van der Waals surface area (Å²) in [4.78, 5) is 8.92. The van der Waals surface area contributed by atoms with E-state index in [4.69, 9.17) is 4.42 Å². The molecule has 18 heavy (non-hydrogen) atoms. The Labute approximate surface area is 108 Å². The first-order valence-electron chi connectivity index (χ1n) is 5.51. The van der Waals surface area contributed by atoms with E-state index in [1.54, 1.807) is 17.6 Å². The summed E-state index contributed by atoms with van der Waals surface area (Å²) in [7, 11) is 1.86. The lowest BCUT2D eigenvalue weighted by Gasteiger charge is -2.01. The molecular formula is C13H11N3OS. The number of fused-ring (bicyclic) bond motifs is 1. The van der Waals surface area contributed by atoms with E-state index in [0.717, 1.165) is 21.8 Å². The maximum absolute atomic E-state index is 5.23. The first-order chi connectivity index (χ1) is 8.86. The molecule has 3 rings (SSSR count). The molecule has 0 saturated heterocycles. The van der Waals surface area contributed by atoms with Gasteiger partial charge in [0.1, 0.15) is 11.6 Å². The van der Waals surface area contributed by atoms with Crippen LogP contribution in [0.25, 0.3) is 22.4 Å². The Morgan fingerprint density at radius 1 is 1.28 bits per heavy atom. The first kappa shape index (κ1) is 11.0. The molecule has 0 aliphatic heterocycles. The first-order valence-corrected chi connectivity index (χ1v) is 6.39. The zero-order valence-electron chi connectivity index (χ0n) is 9.75. The maximum atomic E-state index is 5.23. The van der Waals surface area contributed by atoms with Gasteiger partial charge in [-0.05, 0) is 35.7 Å². The van der Waals surface area contributed by atoms with E-state index >= 15 is 0 Å². The summed E-state index contributed by atoms with van der Waals surface area (Å²) in [5, 5.41) is 5.11. The van der Waals surface area contributed by atoms with Crippen LogP contribution in [-0.2, 0) is 0 Å². The second kappa shape index (κ2) is 4.62. The maximum Gasteiger partial charge on any atom is 0.155 e. The lowest BCUT2D eigenvalue weighted by atomic mass is 10.3. The Kier molecular flexibility index (Phi) is 2.82. The van der Waals surface area contributed by atoms with Crippen molar-refractivity contribution in [1.82, 2.24) is 9.97 Å². The third kappa shape index (κ3) is 2.00. The SMILES string of the molecule is CNc1nc(/C=C/c2ccco2)nc2ccsc12. The minimum Gasteiger partial charge on any atom is -0.465 e. The Balaban J connectivity index is 2.01. The summed E-state index contributed by atoms with van der Waals surface area (Å²) >= 11 is 1.63. The summed E-state index contributed by atoms with van der Waals surface area (Å²) < 4.78 is 6.30. The third-order valence-electron chi connectivity index (χ3n) is 2.50. The number of hydrogen-bond donors (Lipinski definition) is 1. The van der Waals surface area contributed by atoms with Gasteiger partial charge in [0.15, 0.2) is 5.82 Å². The van der Waals surface area contributed by atoms with Gasteiger partial charge in [-0.3, -0.25) is 0 Å². The van der Waals surface area contributed by atoms with Gasteiger partial charge < -0.3 is 9.73 Å². The van der Waals surface area contributed by atoms with Crippen molar-refractivity contribution in [2.75, 3.05) is 12.4 Å². The summed E-state index contributed by atoms with van der Waals surface area (Å²) in [5.74, 6) is 2.31. The van der Waals surface area contributed by atoms with E-state index in [-0.39, 0.29) is 0 Å². The van der Waals surface area contributed by atoms with E-state index in [0.29, 0.717) is 5.82 Å². The van der Waals surface area contributed by atoms with Gasteiger partial charge in [-0.1, -0.05) is 0 Å². The molecule has 0 saturated carbocycles. The molecule has 1 N–H and O–H groups in total. The number of aromatic nitrogens is 2. The van der Waals surface area contributed by atoms with Crippen LogP contribution in [0.3, 0.4) is 0 Å². The van der Waals surface area contributed by atoms with Crippen molar-refractivity contribution in [3.8, 4) is 0 Å². The number of hydrogen-bond acceptors (Lipinski definition) is 5. The second-order valence-corrected chi connectivity index (χ2v) is 4.58. The molecule has 0 spiro atoms. The number of anilines is 1. The molecular weight excluding hydrogens is 246 g/mol. The lowest BCUT2D eigenvalue weighted by Crippen LogP contribution is -1.96. The number of nitrogens with one attached hydrogen (secondary N) is 1. The fraction of sp³-hybridized carbons (Fsp3) is 0.0769. The second-order valence-electron chi connectivity index (χ2n) is 3.66. The van der Waals surface area contributed by atoms with Gasteiger partial charge in [0.05, 0.1) is 16.5 Å². The van der Waals surface area contributed by atoms with Crippen molar-refractivity contribution in [3.63, 3.8) is 0 Å². The fourth-order valence-electron chi connectivity index (χ4n) is 1.67. The van der Waals surface area contributed by atoms with Gasteiger partial charge in [-0.15, -0.1) is 11.3 Å². The van der Waals surface area contributed by atoms with Crippen LogP contribution >= 0.6 is 11.3 Å². The molecule has 0 atom stereocenters. The Bertz CT molecular complexity index is 685. The minimum atomic E-state index is 0.668. The van der Waals surface area contributed by atoms with Gasteiger partial charge in [0.25, 0.3) is 0 Å². The predicted molar refractivity (Wildman–Crippen MR) is 74.6 cm³/mol. The average molecular weight is 257 g/mol. The molecule has 0 radical (unpaired) electrons. The highest BCUT2D eigenvalue weighted by molar-refractivity contribution is 7.17. The molecule has 0 bridgehead atoms. The van der Waals surface area contributed by atoms with Crippen LogP contribution < -0.4 is 5.32 Å². The van der Waals surface area contributed by atoms with Crippen LogP contribution in [0.2, 0.25) is 0 Å². The monoisotopic (exact) mass is 257 g/mol. The van der Waals surface area contributed by atoms with Crippen LogP contribution in [0.5, 0.6) is 0 Å². The molecule has 3 aromatic rings. The average Bonchev–Trinajstić information content (AvgIpc) is 3.06. The fourth-order valence-corrected chi connectivity index (χ4v) is 2.49. The van der Waals surface area contributed by atoms with E-state index in [1.807, 2.05) is 42.8 Å². The van der Waals surface area contributed by atoms with E-state index in [2.05, 4.69) is 15.3 Å². The van der Waals surface area contributed by atoms with Gasteiger partial charge in [-0.2, -0.15) is 0 Å². The Hall–Kier alpha value is -2.14. The van der Waals surface area contributed by atoms with E-state index < -0.39 is 0 Å². The largest absolute Gasteiger partial charge is 0.465 e. The van der Waals surface area contributed by atoms with Crippen LogP contribution in [0, 0.1) is 0 Å². The molecule has 0 aliphatic rings. The Morgan fingerprint density at radius 2 is 2.22 bits per heavy atom. The van der Waals surface area contributed by atoms with E-state index in [1.165, 1.54) is 0 Å². The molecule has 0 amide bonds. The predicted octanol–water partition coefficient (Wildman–Crippen LogP) is 3.50. The van der Waals surface area contributed by atoms with Crippen molar-refractivity contribution >= 4 is 39.5 Å². The zero-order chi connectivity index (χ0) is 12.4. The van der Waals surface area contributed by atoms with Crippen LogP contribution in [0.15, 0.2) is 34.3 Å². The number of furan rings is 1. The quantitative estimate of drug-likeness (QED) is 0.780. The normalized spacial score (nSPS) is 11.4. The van der Waals surface area contributed by atoms with Crippen LogP contribution in [-0.4, -0.2) is 17.0 Å². The van der Waals surface area contributed by atoms with Crippen molar-refractivity contribution in [2.45, 2.75) is 0 Å². The smallest absolute Gasteiger partial charge is 0.155 e. The highest BCUT2D eigenvalue weighted by Crippen LogP contribution is 2.25. The van der Waals surface area contributed by atoms with E-state index in [9.17, 15) is 0 Å². The highest BCUT2D eigenvalue weighted by Gasteiger charge is 2.05. The van der Waals surface area contributed by atoms with Crippen molar-refractivity contribution in [1.29, 1.82) is 0 Å². The topological polar surface area (TPSA) is 51.0 Å². The zero-order valence-corrected chi connectivity index (χ0v) is 10.6. The number of nitrogens with zero attached hydrogens (tertiary/aromatic N) is 2. The Morgan fingerprint density at radius 3 is 3.00 bits per heavy atom. The van der Waals surface area contributed by atoms with Crippen molar-refractivity contribution in [3.05, 3.63) is 41.4 Å².